The monoisotopic (exact) mass is 494 g/mol. The fourth-order valence-electron chi connectivity index (χ4n) is 3.88. The summed E-state index contributed by atoms with van der Waals surface area (Å²) in [7, 11) is 1.66. The van der Waals surface area contributed by atoms with Crippen molar-refractivity contribution in [3.63, 3.8) is 0 Å². The molecule has 1 aliphatic rings. The maximum absolute atomic E-state index is 12.9. The third-order valence-electron chi connectivity index (χ3n) is 5.42. The first kappa shape index (κ1) is 20.2. The molecule has 1 aliphatic carbocycles. The van der Waals surface area contributed by atoms with Crippen LogP contribution in [-0.4, -0.2) is 32.5 Å². The molecule has 0 aliphatic heterocycles. The lowest BCUT2D eigenvalue weighted by Gasteiger charge is -2.24. The zero-order chi connectivity index (χ0) is 21.4. The summed E-state index contributed by atoms with van der Waals surface area (Å²) in [5.41, 5.74) is 3.64. The van der Waals surface area contributed by atoms with Crippen LogP contribution in [0.15, 0.2) is 64.4 Å². The number of fused-ring (bicyclic) bond motifs is 2. The van der Waals surface area contributed by atoms with E-state index >= 15 is 0 Å². The van der Waals surface area contributed by atoms with Gasteiger partial charge in [-0.2, -0.15) is 4.98 Å². The first-order valence-corrected chi connectivity index (χ1v) is 11.7. The molecule has 0 amide bonds. The molecule has 0 fully saturated rings. The Hall–Kier alpha value is -2.71. The van der Waals surface area contributed by atoms with Crippen LogP contribution in [0, 0.1) is 0 Å². The Morgan fingerprint density at radius 2 is 1.94 bits per heavy atom. The zero-order valence-corrected chi connectivity index (χ0v) is 19.2. The van der Waals surface area contributed by atoms with Crippen LogP contribution in [-0.2, 0) is 12.2 Å². The van der Waals surface area contributed by atoms with Crippen molar-refractivity contribution in [2.24, 2.45) is 0 Å². The first-order chi connectivity index (χ1) is 15.1. The van der Waals surface area contributed by atoms with E-state index in [1.54, 1.807) is 29.6 Å². The molecule has 8 heteroatoms. The van der Waals surface area contributed by atoms with Gasteiger partial charge in [-0.1, -0.05) is 58.0 Å². The van der Waals surface area contributed by atoms with Crippen LogP contribution in [0.4, 0.5) is 0 Å². The Morgan fingerprint density at radius 3 is 2.74 bits per heavy atom. The highest BCUT2D eigenvalue weighted by molar-refractivity contribution is 9.10. The minimum atomic E-state index is 0.0419. The van der Waals surface area contributed by atoms with E-state index in [9.17, 15) is 4.79 Å². The SMILES string of the molecule is COc1ccccc1[C@@H]1CC(=O)c2cn3nc(SCc4ccc(Br)cc4)nc3nc2C1. The largest absolute Gasteiger partial charge is 0.496 e. The van der Waals surface area contributed by atoms with Gasteiger partial charge < -0.3 is 4.74 Å². The van der Waals surface area contributed by atoms with Crippen molar-refractivity contribution >= 4 is 39.3 Å². The lowest BCUT2D eigenvalue weighted by Crippen LogP contribution is -2.21. The molecular weight excluding hydrogens is 476 g/mol. The lowest BCUT2D eigenvalue weighted by atomic mass is 9.82. The molecule has 0 spiro atoms. The van der Waals surface area contributed by atoms with E-state index < -0.39 is 0 Å². The number of benzene rings is 2. The van der Waals surface area contributed by atoms with E-state index in [0.29, 0.717) is 29.3 Å². The number of Topliss-reactive ketones (excluding diaryl/α,β-unsaturated/α-hetero) is 1. The maximum Gasteiger partial charge on any atom is 0.253 e. The fraction of sp³-hybridized carbons (Fsp3) is 0.217. The van der Waals surface area contributed by atoms with Gasteiger partial charge in [-0.25, -0.2) is 9.50 Å². The van der Waals surface area contributed by atoms with Gasteiger partial charge in [0.15, 0.2) is 5.78 Å². The van der Waals surface area contributed by atoms with Crippen molar-refractivity contribution in [1.29, 1.82) is 0 Å². The highest BCUT2D eigenvalue weighted by atomic mass is 79.9. The van der Waals surface area contributed by atoms with E-state index in [4.69, 9.17) is 9.72 Å². The van der Waals surface area contributed by atoms with Gasteiger partial charge in [0.2, 0.25) is 5.16 Å². The molecule has 0 N–H and O–H groups in total. The number of hydrogen-bond donors (Lipinski definition) is 0. The zero-order valence-electron chi connectivity index (χ0n) is 16.8. The van der Waals surface area contributed by atoms with Gasteiger partial charge in [-0.05, 0) is 35.7 Å². The van der Waals surface area contributed by atoms with Crippen molar-refractivity contribution < 1.29 is 9.53 Å². The Kier molecular flexibility index (Phi) is 5.50. The molecule has 0 unspecified atom stereocenters. The van der Waals surface area contributed by atoms with E-state index in [1.165, 1.54) is 5.56 Å². The number of methoxy groups -OCH3 is 1. The van der Waals surface area contributed by atoms with Gasteiger partial charge >= 0.3 is 0 Å². The van der Waals surface area contributed by atoms with Crippen LogP contribution in [0.5, 0.6) is 5.75 Å². The molecule has 0 saturated carbocycles. The Labute approximate surface area is 192 Å². The molecule has 31 heavy (non-hydrogen) atoms. The van der Waals surface area contributed by atoms with Gasteiger partial charge in [0.1, 0.15) is 5.75 Å². The summed E-state index contributed by atoms with van der Waals surface area (Å²) < 4.78 is 8.17. The van der Waals surface area contributed by atoms with Crippen molar-refractivity contribution in [1.82, 2.24) is 19.6 Å². The van der Waals surface area contributed by atoms with Crippen molar-refractivity contribution in [2.75, 3.05) is 7.11 Å². The van der Waals surface area contributed by atoms with Gasteiger partial charge in [0.25, 0.3) is 5.78 Å². The normalized spacial score (nSPS) is 15.8. The van der Waals surface area contributed by atoms with Crippen LogP contribution in [0.2, 0.25) is 0 Å². The van der Waals surface area contributed by atoms with E-state index in [2.05, 4.69) is 38.1 Å². The second kappa shape index (κ2) is 8.43. The first-order valence-electron chi connectivity index (χ1n) is 9.90. The number of para-hydroxylation sites is 1. The predicted molar refractivity (Wildman–Crippen MR) is 123 cm³/mol. The number of thioether (sulfide) groups is 1. The molecule has 156 valence electrons. The third-order valence-corrected chi connectivity index (χ3v) is 6.86. The molecule has 4 aromatic rings. The van der Waals surface area contributed by atoms with Crippen LogP contribution in [0.3, 0.4) is 0 Å². The molecule has 2 aromatic carbocycles. The van der Waals surface area contributed by atoms with Gasteiger partial charge in [0, 0.05) is 28.8 Å². The molecule has 6 nitrogen and oxygen atoms in total. The quantitative estimate of drug-likeness (QED) is 0.359. The van der Waals surface area contributed by atoms with E-state index in [0.717, 1.165) is 27.2 Å². The van der Waals surface area contributed by atoms with Gasteiger partial charge in [-0.15, -0.1) is 5.10 Å². The predicted octanol–water partition coefficient (Wildman–Crippen LogP) is 5.10. The molecule has 5 rings (SSSR count). The van der Waals surface area contributed by atoms with E-state index in [1.807, 2.05) is 36.4 Å². The highest BCUT2D eigenvalue weighted by Crippen LogP contribution is 2.36. The summed E-state index contributed by atoms with van der Waals surface area (Å²) in [6, 6.07) is 16.0. The summed E-state index contributed by atoms with van der Waals surface area (Å²) in [5, 5.41) is 5.16. The summed E-state index contributed by atoms with van der Waals surface area (Å²) in [6.45, 7) is 0. The maximum atomic E-state index is 12.9. The average molecular weight is 495 g/mol. The number of rotatable bonds is 5. The molecule has 1 atom stereocenters. The van der Waals surface area contributed by atoms with E-state index in [-0.39, 0.29) is 11.7 Å². The molecule has 2 heterocycles. The number of aromatic nitrogens is 4. The molecule has 0 bridgehead atoms. The minimum absolute atomic E-state index is 0.0419. The van der Waals surface area contributed by atoms with Crippen molar-refractivity contribution in [3.8, 4) is 5.75 Å². The Bertz CT molecular complexity index is 1270. The second-order valence-corrected chi connectivity index (χ2v) is 9.28. The molecule has 2 aromatic heterocycles. The standard InChI is InChI=1S/C23H19BrN4O2S/c1-30-21-5-3-2-4-17(21)15-10-19-18(20(29)11-15)12-28-22(25-19)26-23(27-28)31-13-14-6-8-16(24)9-7-14/h2-9,12,15H,10-11,13H2,1H3/t15-/m0/s1. The smallest absolute Gasteiger partial charge is 0.253 e. The number of halogens is 1. The number of ether oxygens (including phenoxy) is 1. The third kappa shape index (κ3) is 4.09. The average Bonchev–Trinajstić information content (AvgIpc) is 3.19. The van der Waals surface area contributed by atoms with Crippen LogP contribution < -0.4 is 4.74 Å². The molecule has 0 radical (unpaired) electrons. The minimum Gasteiger partial charge on any atom is -0.496 e. The summed E-state index contributed by atoms with van der Waals surface area (Å²) in [4.78, 5) is 22.2. The lowest BCUT2D eigenvalue weighted by molar-refractivity contribution is 0.0962. The second-order valence-electron chi connectivity index (χ2n) is 7.43. The number of ketones is 1. The topological polar surface area (TPSA) is 69.4 Å². The molecular formula is C23H19BrN4O2S. The fourth-order valence-corrected chi connectivity index (χ4v) is 4.92. The van der Waals surface area contributed by atoms with Crippen molar-refractivity contribution in [3.05, 3.63) is 81.6 Å². The highest BCUT2D eigenvalue weighted by Gasteiger charge is 2.30. The number of carbonyl (C=O) groups is 1. The van der Waals surface area contributed by atoms with Crippen LogP contribution in [0.25, 0.3) is 5.78 Å². The number of carbonyl (C=O) groups excluding carboxylic acids is 1. The van der Waals surface area contributed by atoms with Crippen molar-refractivity contribution in [2.45, 2.75) is 29.7 Å². The van der Waals surface area contributed by atoms with Gasteiger partial charge in [-0.3, -0.25) is 4.79 Å². The number of hydrogen-bond acceptors (Lipinski definition) is 6. The number of nitrogens with zero attached hydrogens (tertiary/aromatic N) is 4. The van der Waals surface area contributed by atoms with Gasteiger partial charge in [0.05, 0.1) is 18.4 Å². The Morgan fingerprint density at radius 1 is 1.13 bits per heavy atom. The summed E-state index contributed by atoms with van der Waals surface area (Å²) in [6.07, 6.45) is 2.88. The van der Waals surface area contributed by atoms with Crippen LogP contribution in [0.1, 0.15) is 39.5 Å². The summed E-state index contributed by atoms with van der Waals surface area (Å²) in [5.74, 6) is 2.20. The molecule has 0 saturated heterocycles. The Balaban J connectivity index is 1.41. The summed E-state index contributed by atoms with van der Waals surface area (Å²) >= 11 is 5.00. The van der Waals surface area contributed by atoms with Crippen LogP contribution >= 0.6 is 27.7 Å².